The van der Waals surface area contributed by atoms with E-state index in [1.54, 1.807) is 21.0 Å². The fraction of sp³-hybridized carbons (Fsp3) is 0.542. The third-order valence-electron chi connectivity index (χ3n) is 6.61. The molecule has 222 valence electrons. The van der Waals surface area contributed by atoms with E-state index in [4.69, 9.17) is 9.47 Å². The first-order valence-corrected chi connectivity index (χ1v) is 12.4. The number of anilines is 2. The molecule has 0 aliphatic carbocycles. The van der Waals surface area contributed by atoms with E-state index in [-0.39, 0.29) is 69.8 Å². The van der Waals surface area contributed by atoms with Crippen LogP contribution in [0.25, 0.3) is 0 Å². The number of ether oxygens (including phenoxy) is 2. The Morgan fingerprint density at radius 1 is 1.27 bits per heavy atom. The Hall–Kier alpha value is -3.91. The zero-order valence-electron chi connectivity index (χ0n) is 21.6. The van der Waals surface area contributed by atoms with Crippen LogP contribution in [0.2, 0.25) is 0 Å². The van der Waals surface area contributed by atoms with Crippen molar-refractivity contribution in [1.29, 1.82) is 5.26 Å². The van der Waals surface area contributed by atoms with Crippen LogP contribution in [0.1, 0.15) is 35.6 Å². The van der Waals surface area contributed by atoms with E-state index in [9.17, 15) is 41.2 Å². The van der Waals surface area contributed by atoms with E-state index in [2.05, 4.69) is 15.4 Å². The molecule has 11 nitrogen and oxygen atoms in total. The van der Waals surface area contributed by atoms with Crippen molar-refractivity contribution in [3.63, 3.8) is 0 Å². The van der Waals surface area contributed by atoms with Crippen molar-refractivity contribution < 1.29 is 40.6 Å². The number of fused-ring (bicyclic) bond motifs is 3. The van der Waals surface area contributed by atoms with Crippen LogP contribution >= 0.6 is 0 Å². The van der Waals surface area contributed by atoms with Crippen LogP contribution in [0.5, 0.6) is 0 Å². The van der Waals surface area contributed by atoms with Crippen molar-refractivity contribution in [3.8, 4) is 6.07 Å². The fourth-order valence-electron chi connectivity index (χ4n) is 4.74. The highest BCUT2D eigenvalue weighted by molar-refractivity contribution is 5.77. The van der Waals surface area contributed by atoms with Crippen molar-refractivity contribution in [2.24, 2.45) is 0 Å². The van der Waals surface area contributed by atoms with E-state index in [0.717, 1.165) is 6.20 Å². The molecule has 4 heterocycles. The molecular weight excluding hydrogens is 564 g/mol. The van der Waals surface area contributed by atoms with Crippen LogP contribution < -0.4 is 15.8 Å². The molecule has 0 radical (unpaired) electrons. The number of aromatic amines is 1. The monoisotopic (exact) mass is 589 g/mol. The van der Waals surface area contributed by atoms with Crippen molar-refractivity contribution in [2.75, 3.05) is 49.7 Å². The summed E-state index contributed by atoms with van der Waals surface area (Å²) in [5.74, 6) is -0.0377. The second-order valence-corrected chi connectivity index (χ2v) is 9.52. The molecule has 2 atom stereocenters. The van der Waals surface area contributed by atoms with Gasteiger partial charge in [-0.25, -0.2) is 10.1 Å². The summed E-state index contributed by atoms with van der Waals surface area (Å²) in [6.45, 7) is 2.02. The first-order chi connectivity index (χ1) is 19.3. The van der Waals surface area contributed by atoms with Crippen molar-refractivity contribution in [1.82, 2.24) is 20.1 Å². The Balaban J connectivity index is 1.31. The van der Waals surface area contributed by atoms with Crippen molar-refractivity contribution in [3.05, 3.63) is 45.0 Å². The van der Waals surface area contributed by atoms with Gasteiger partial charge in [-0.2, -0.15) is 36.7 Å². The normalized spacial score (nSPS) is 18.1. The van der Waals surface area contributed by atoms with Crippen LogP contribution in [0.4, 0.5) is 37.8 Å². The van der Waals surface area contributed by atoms with E-state index < -0.39 is 52.4 Å². The average molecular weight is 589 g/mol. The summed E-state index contributed by atoms with van der Waals surface area (Å²) in [5, 5.41) is 17.1. The van der Waals surface area contributed by atoms with E-state index >= 15 is 0 Å². The average Bonchev–Trinajstić information content (AvgIpc) is 3.08. The number of amides is 1. The van der Waals surface area contributed by atoms with Gasteiger partial charge in [-0.3, -0.25) is 9.59 Å². The van der Waals surface area contributed by atoms with Crippen LogP contribution in [-0.4, -0.2) is 77.5 Å². The topological polar surface area (TPSA) is 136 Å². The first-order valence-electron chi connectivity index (χ1n) is 12.4. The zero-order valence-corrected chi connectivity index (χ0v) is 21.6. The molecule has 0 saturated carbocycles. The van der Waals surface area contributed by atoms with Gasteiger partial charge in [-0.05, 0) is 6.92 Å². The summed E-state index contributed by atoms with van der Waals surface area (Å²) >= 11 is 0. The fourth-order valence-corrected chi connectivity index (χ4v) is 4.74. The van der Waals surface area contributed by atoms with Gasteiger partial charge in [-0.1, -0.05) is 0 Å². The Labute approximate surface area is 229 Å². The van der Waals surface area contributed by atoms with Gasteiger partial charge in [0.15, 0.2) is 0 Å². The number of hydrogen-bond donors (Lipinski definition) is 2. The van der Waals surface area contributed by atoms with Crippen molar-refractivity contribution >= 4 is 17.4 Å². The van der Waals surface area contributed by atoms with Gasteiger partial charge in [0.1, 0.15) is 17.5 Å². The minimum absolute atomic E-state index is 0.0248. The maximum absolute atomic E-state index is 13.4. The summed E-state index contributed by atoms with van der Waals surface area (Å²) in [6, 6.07) is 0.574. The van der Waals surface area contributed by atoms with E-state index in [1.165, 1.54) is 6.92 Å². The van der Waals surface area contributed by atoms with E-state index in [0.29, 0.717) is 6.20 Å². The molecule has 2 aliphatic rings. The van der Waals surface area contributed by atoms with Crippen LogP contribution in [0, 0.1) is 11.3 Å². The van der Waals surface area contributed by atoms with Crippen LogP contribution in [0.15, 0.2) is 17.2 Å². The molecule has 4 rings (SSSR count). The quantitative estimate of drug-likeness (QED) is 0.369. The lowest BCUT2D eigenvalue weighted by molar-refractivity contribution is -0.139. The Morgan fingerprint density at radius 3 is 2.71 bits per heavy atom. The highest BCUT2D eigenvalue weighted by Crippen LogP contribution is 2.37. The Kier molecular flexibility index (Phi) is 8.73. The van der Waals surface area contributed by atoms with Gasteiger partial charge in [0.25, 0.3) is 5.56 Å². The summed E-state index contributed by atoms with van der Waals surface area (Å²) in [7, 11) is 0. The van der Waals surface area contributed by atoms with Gasteiger partial charge < -0.3 is 24.6 Å². The van der Waals surface area contributed by atoms with Gasteiger partial charge >= 0.3 is 12.4 Å². The smallest absolute Gasteiger partial charge is 0.379 e. The predicted octanol–water partition coefficient (Wildman–Crippen LogP) is 2.53. The molecule has 2 N–H and O–H groups in total. The molecule has 1 amide bonds. The van der Waals surface area contributed by atoms with Crippen LogP contribution in [0.3, 0.4) is 0 Å². The predicted molar refractivity (Wildman–Crippen MR) is 130 cm³/mol. The number of H-pyrrole nitrogens is 1. The minimum Gasteiger partial charge on any atom is -0.379 e. The van der Waals surface area contributed by atoms with Gasteiger partial charge in [0, 0.05) is 37.4 Å². The molecule has 0 unspecified atom stereocenters. The lowest BCUT2D eigenvalue weighted by Crippen LogP contribution is -2.56. The van der Waals surface area contributed by atoms with Crippen molar-refractivity contribution in [2.45, 2.75) is 44.4 Å². The second kappa shape index (κ2) is 11.9. The molecule has 1 fully saturated rings. The molecule has 2 aromatic rings. The highest BCUT2D eigenvalue weighted by atomic mass is 19.4. The number of hydrogen-bond acceptors (Lipinski definition) is 9. The summed E-state index contributed by atoms with van der Waals surface area (Å²) in [6.07, 6.45) is -8.17. The summed E-state index contributed by atoms with van der Waals surface area (Å²) in [4.78, 5) is 31.7. The molecular formula is C24H25F6N7O4. The Bertz CT molecular complexity index is 1370. The molecule has 2 aliphatic heterocycles. The number of nitrogens with zero attached hydrogens (tertiary/aromatic N) is 5. The van der Waals surface area contributed by atoms with E-state index in [1.807, 2.05) is 0 Å². The number of carbonyl (C=O) groups is 1. The number of pyridine rings is 1. The summed E-state index contributed by atoms with van der Waals surface area (Å²) < 4.78 is 90.7. The number of halogens is 6. The maximum Gasteiger partial charge on any atom is 0.423 e. The lowest BCUT2D eigenvalue weighted by Gasteiger charge is -2.41. The Morgan fingerprint density at radius 2 is 2.02 bits per heavy atom. The highest BCUT2D eigenvalue weighted by Gasteiger charge is 2.40. The van der Waals surface area contributed by atoms with Gasteiger partial charge in [0.05, 0.1) is 61.9 Å². The van der Waals surface area contributed by atoms with Gasteiger partial charge in [-0.15, -0.1) is 0 Å². The number of rotatable bonds is 7. The van der Waals surface area contributed by atoms with Crippen LogP contribution in [-0.2, 0) is 33.2 Å². The van der Waals surface area contributed by atoms with Gasteiger partial charge in [0.2, 0.25) is 5.91 Å². The molecule has 0 spiro atoms. The molecule has 1 saturated heterocycles. The molecule has 41 heavy (non-hydrogen) atoms. The standard InChI is InChI=1S/C24H25F6N7O4/c1-13(34-18-8-33-35-22(39)20(18)24(28,29)30)10-40-5-2-19(38)36-3-4-37-14(9-36)11-41-12-16-15(6-31)17(23(25,26)27)7-32-21(16)37/h7-8,13-14H,2-5,9-12H2,1H3,(H2,34,35,39)/t13-,14+/m0/s1. The lowest BCUT2D eigenvalue weighted by atomic mass is 10.0. The summed E-state index contributed by atoms with van der Waals surface area (Å²) in [5.41, 5.74) is -4.89. The SMILES string of the molecule is C[C@@H](COCCC(=O)N1CCN2c3ncc(C(F)(F)F)c(C#N)c3COC[C@H]2C1)Nc1cn[nH]c(=O)c1C(F)(F)F. The number of carbonyl (C=O) groups excluding carboxylic acids is 1. The number of nitrogens with one attached hydrogen (secondary N) is 2. The number of alkyl halides is 6. The molecule has 0 aromatic carbocycles. The molecule has 17 heteroatoms. The second-order valence-electron chi connectivity index (χ2n) is 9.52. The zero-order chi connectivity index (χ0) is 29.9. The third kappa shape index (κ3) is 6.70. The first kappa shape index (κ1) is 30.1. The molecule has 2 aromatic heterocycles. The number of piperazine rings is 1. The maximum atomic E-state index is 13.4. The number of nitriles is 1. The minimum atomic E-state index is -4.89. The molecule has 0 bridgehead atoms. The number of aromatic nitrogens is 3. The third-order valence-corrected chi connectivity index (χ3v) is 6.61. The largest absolute Gasteiger partial charge is 0.423 e.